The van der Waals surface area contributed by atoms with E-state index >= 15 is 0 Å². The van der Waals surface area contributed by atoms with Crippen LogP contribution in [-0.2, 0) is 35.2 Å². The Morgan fingerprint density at radius 3 is 2.12 bits per heavy atom. The normalized spacial score (nSPS) is 17.5. The summed E-state index contributed by atoms with van der Waals surface area (Å²) < 4.78 is 0. The summed E-state index contributed by atoms with van der Waals surface area (Å²) in [4.78, 5) is 75.8. The number of phenolic OH excluding ortho intramolecular Hbond substituents is 1. The van der Waals surface area contributed by atoms with Crippen LogP contribution in [0.2, 0.25) is 0 Å². The minimum atomic E-state index is -1.40. The van der Waals surface area contributed by atoms with E-state index < -0.39 is 85.4 Å². The maximum absolute atomic E-state index is 12.9. The summed E-state index contributed by atoms with van der Waals surface area (Å²) in [6, 6.07) is -0.0334. The predicted molar refractivity (Wildman–Crippen MR) is 142 cm³/mol. The number of nitrogens with one attached hydrogen (secondary N) is 4. The van der Waals surface area contributed by atoms with Gasteiger partial charge >= 0.3 is 0 Å². The van der Waals surface area contributed by atoms with Crippen LogP contribution in [0.5, 0.6) is 5.75 Å². The summed E-state index contributed by atoms with van der Waals surface area (Å²) in [6.07, 6.45) is 0.680. The van der Waals surface area contributed by atoms with Crippen LogP contribution in [0.1, 0.15) is 25.3 Å². The molecule has 0 spiro atoms. The van der Waals surface area contributed by atoms with Gasteiger partial charge in [0, 0.05) is 13.0 Å². The van der Waals surface area contributed by atoms with Gasteiger partial charge in [0.2, 0.25) is 35.4 Å². The monoisotopic (exact) mass is 579 g/mol. The molecule has 226 valence electrons. The van der Waals surface area contributed by atoms with Gasteiger partial charge in [-0.1, -0.05) is 12.1 Å². The number of likely N-dealkylation sites (tertiary alicyclic amines) is 1. The lowest BCUT2D eigenvalue weighted by Crippen LogP contribution is -2.57. The number of nitrogens with zero attached hydrogens (tertiary/aromatic N) is 1. The highest BCUT2D eigenvalue weighted by Crippen LogP contribution is 2.18. The molecule has 16 heteroatoms. The molecule has 1 aromatic carbocycles. The number of aromatic hydroxyl groups is 1. The topological polar surface area (TPSA) is 267 Å². The highest BCUT2D eigenvalue weighted by Gasteiger charge is 2.38. The molecule has 16 nitrogen and oxygen atoms in total. The van der Waals surface area contributed by atoms with E-state index in [2.05, 4.69) is 21.3 Å². The van der Waals surface area contributed by atoms with Gasteiger partial charge in [-0.15, -0.1) is 0 Å². The summed E-state index contributed by atoms with van der Waals surface area (Å²) in [7, 11) is 0. The number of hydrogen-bond acceptors (Lipinski definition) is 10. The lowest BCUT2D eigenvalue weighted by Gasteiger charge is -2.28. The highest BCUT2D eigenvalue weighted by molar-refractivity contribution is 5.95. The first-order valence-electron chi connectivity index (χ1n) is 12.9. The zero-order valence-corrected chi connectivity index (χ0v) is 22.5. The fourth-order valence-electron chi connectivity index (χ4n) is 4.08. The van der Waals surface area contributed by atoms with E-state index in [1.807, 2.05) is 0 Å². The zero-order chi connectivity index (χ0) is 30.7. The summed E-state index contributed by atoms with van der Waals surface area (Å²) in [6.45, 7) is -0.441. The van der Waals surface area contributed by atoms with E-state index in [0.29, 0.717) is 12.0 Å². The van der Waals surface area contributed by atoms with Crippen molar-refractivity contribution in [2.24, 2.45) is 11.5 Å². The van der Waals surface area contributed by atoms with Gasteiger partial charge in [0.05, 0.1) is 25.8 Å². The van der Waals surface area contributed by atoms with Gasteiger partial charge in [-0.25, -0.2) is 0 Å². The van der Waals surface area contributed by atoms with E-state index in [9.17, 15) is 44.1 Å². The van der Waals surface area contributed by atoms with E-state index in [4.69, 9.17) is 11.5 Å². The number of aliphatic hydroxyl groups excluding tert-OH is 2. The van der Waals surface area contributed by atoms with Gasteiger partial charge in [-0.2, -0.15) is 0 Å². The third-order valence-electron chi connectivity index (χ3n) is 6.34. The molecule has 1 heterocycles. The quantitative estimate of drug-likeness (QED) is 0.102. The Balaban J connectivity index is 2.04. The minimum Gasteiger partial charge on any atom is -0.508 e. The third kappa shape index (κ3) is 9.70. The molecule has 2 unspecified atom stereocenters. The van der Waals surface area contributed by atoms with Crippen LogP contribution in [-0.4, -0.2) is 112 Å². The first-order valence-corrected chi connectivity index (χ1v) is 12.9. The highest BCUT2D eigenvalue weighted by atomic mass is 16.3. The number of aliphatic hydroxyl groups is 2. The van der Waals surface area contributed by atoms with Gasteiger partial charge in [0.25, 0.3) is 0 Å². The summed E-state index contributed by atoms with van der Waals surface area (Å²) >= 11 is 0. The summed E-state index contributed by atoms with van der Waals surface area (Å²) in [5, 5.41) is 37.9. The van der Waals surface area contributed by atoms with Gasteiger partial charge < -0.3 is 53.0 Å². The molecule has 1 fully saturated rings. The van der Waals surface area contributed by atoms with E-state index in [-0.39, 0.29) is 25.1 Å². The Hall–Kier alpha value is -4.28. The number of amides is 6. The van der Waals surface area contributed by atoms with Crippen molar-refractivity contribution in [3.8, 4) is 5.75 Å². The number of carbonyl (C=O) groups excluding carboxylic acids is 6. The standard InChI is InChI=1S/C25H37N7O9/c1-13(26)22(38)31-18(12-34)25(41)32-8-2-3-19(32)24(40)28-10-20(36)29-16(9-14-4-6-15(35)7-5-14)23(39)30-17(11-33)21(27)37/h4-7,13,16-19,33-35H,2-3,8-12,26H2,1H3,(H2,27,37)(H,28,40)(H,29,36)(H,30,39)(H,31,38)/t13-,16-,17-,18?,19?/m0/s1. The maximum Gasteiger partial charge on any atom is 0.248 e. The van der Waals surface area contributed by atoms with Gasteiger partial charge in [0.15, 0.2) is 0 Å². The molecule has 0 aliphatic carbocycles. The number of carbonyl (C=O) groups is 6. The molecule has 1 aliphatic heterocycles. The second-order valence-electron chi connectivity index (χ2n) is 9.58. The van der Waals surface area contributed by atoms with Crippen LogP contribution < -0.4 is 32.7 Å². The molecule has 41 heavy (non-hydrogen) atoms. The van der Waals surface area contributed by atoms with Gasteiger partial charge in [-0.05, 0) is 37.5 Å². The molecule has 0 aromatic heterocycles. The van der Waals surface area contributed by atoms with Gasteiger partial charge in [0.1, 0.15) is 29.9 Å². The molecule has 6 amide bonds. The summed E-state index contributed by atoms with van der Waals surface area (Å²) in [5.41, 5.74) is 11.2. The Morgan fingerprint density at radius 2 is 1.56 bits per heavy atom. The van der Waals surface area contributed by atoms with Crippen molar-refractivity contribution < 1.29 is 44.1 Å². The van der Waals surface area contributed by atoms with Crippen LogP contribution in [0.15, 0.2) is 24.3 Å². The predicted octanol–water partition coefficient (Wildman–Crippen LogP) is -4.69. The average Bonchev–Trinajstić information content (AvgIpc) is 3.43. The summed E-state index contributed by atoms with van der Waals surface area (Å²) in [5.74, 6) is -4.59. The molecular formula is C25H37N7O9. The van der Waals surface area contributed by atoms with Crippen molar-refractivity contribution in [2.75, 3.05) is 26.3 Å². The maximum atomic E-state index is 12.9. The van der Waals surface area contributed by atoms with Crippen molar-refractivity contribution in [3.63, 3.8) is 0 Å². The van der Waals surface area contributed by atoms with Crippen molar-refractivity contribution in [1.29, 1.82) is 0 Å². The first-order chi connectivity index (χ1) is 19.4. The molecule has 1 saturated heterocycles. The zero-order valence-electron chi connectivity index (χ0n) is 22.5. The van der Waals surface area contributed by atoms with Crippen molar-refractivity contribution in [1.82, 2.24) is 26.2 Å². The largest absolute Gasteiger partial charge is 0.508 e. The molecule has 1 aromatic rings. The molecule has 2 rings (SSSR count). The second-order valence-corrected chi connectivity index (χ2v) is 9.58. The molecule has 0 bridgehead atoms. The van der Waals surface area contributed by atoms with Crippen molar-refractivity contribution in [3.05, 3.63) is 29.8 Å². The Kier molecular flexibility index (Phi) is 12.4. The molecule has 0 radical (unpaired) electrons. The molecular weight excluding hydrogens is 542 g/mol. The smallest absolute Gasteiger partial charge is 0.248 e. The van der Waals surface area contributed by atoms with Crippen molar-refractivity contribution in [2.45, 2.75) is 56.4 Å². The molecule has 1 aliphatic rings. The van der Waals surface area contributed by atoms with Crippen LogP contribution in [0.25, 0.3) is 0 Å². The second kappa shape index (κ2) is 15.5. The van der Waals surface area contributed by atoms with Crippen LogP contribution >= 0.6 is 0 Å². The lowest BCUT2D eigenvalue weighted by atomic mass is 10.0. The Bertz CT molecular complexity index is 1110. The van der Waals surface area contributed by atoms with E-state index in [1.165, 1.54) is 36.1 Å². The fourth-order valence-corrected chi connectivity index (χ4v) is 4.08. The molecule has 5 atom stereocenters. The number of hydrogen-bond donors (Lipinski definition) is 9. The molecule has 11 N–H and O–H groups in total. The lowest BCUT2D eigenvalue weighted by molar-refractivity contribution is -0.142. The fraction of sp³-hybridized carbons (Fsp3) is 0.520. The number of nitrogens with two attached hydrogens (primary N) is 2. The molecule has 0 saturated carbocycles. The number of rotatable bonds is 14. The minimum absolute atomic E-state index is 0.0170. The third-order valence-corrected chi connectivity index (χ3v) is 6.34. The number of primary amides is 1. The Labute approximate surface area is 235 Å². The van der Waals surface area contributed by atoms with Crippen molar-refractivity contribution >= 4 is 35.4 Å². The number of phenols is 1. The number of benzene rings is 1. The van der Waals surface area contributed by atoms with Crippen LogP contribution in [0.3, 0.4) is 0 Å². The van der Waals surface area contributed by atoms with Gasteiger partial charge in [-0.3, -0.25) is 28.8 Å². The van der Waals surface area contributed by atoms with Crippen LogP contribution in [0.4, 0.5) is 0 Å². The average molecular weight is 580 g/mol. The SMILES string of the molecule is C[C@H](N)C(=O)NC(CO)C(=O)N1CCCC1C(=O)NCC(=O)N[C@@H](Cc1ccc(O)cc1)C(=O)N[C@@H](CO)C(N)=O. The first kappa shape index (κ1) is 32.9. The van der Waals surface area contributed by atoms with E-state index in [0.717, 1.165) is 0 Å². The Morgan fingerprint density at radius 1 is 0.951 bits per heavy atom. The van der Waals surface area contributed by atoms with Crippen LogP contribution in [0, 0.1) is 0 Å². The van der Waals surface area contributed by atoms with E-state index in [1.54, 1.807) is 0 Å².